The molecule has 0 rings (SSSR count). The first-order valence-electron chi connectivity index (χ1n) is 29.3. The molecular weight excluding hydrogens is 817 g/mol. The third-order valence-electron chi connectivity index (χ3n) is 13.2. The smallest absolute Gasteiger partial charge is 0.306 e. The van der Waals surface area contributed by atoms with E-state index >= 15 is 0 Å². The van der Waals surface area contributed by atoms with Crippen LogP contribution in [0.2, 0.25) is 0 Å². The van der Waals surface area contributed by atoms with Gasteiger partial charge < -0.3 is 14.2 Å². The molecule has 0 heterocycles. The summed E-state index contributed by atoms with van der Waals surface area (Å²) in [6.45, 7) is 6.67. The topological polar surface area (TPSA) is 78.9 Å². The van der Waals surface area contributed by atoms with Crippen LogP contribution in [-0.4, -0.2) is 37.2 Å². The van der Waals surface area contributed by atoms with Crippen molar-refractivity contribution in [1.82, 2.24) is 0 Å². The highest BCUT2D eigenvalue weighted by Crippen LogP contribution is 2.16. The van der Waals surface area contributed by atoms with Gasteiger partial charge in [0.05, 0.1) is 0 Å². The first-order valence-corrected chi connectivity index (χ1v) is 29.3. The van der Waals surface area contributed by atoms with Gasteiger partial charge in [-0.1, -0.05) is 257 Å². The summed E-state index contributed by atoms with van der Waals surface area (Å²) >= 11 is 0. The minimum Gasteiger partial charge on any atom is -0.462 e. The molecule has 0 radical (unpaired) electrons. The molecule has 0 aliphatic heterocycles. The first kappa shape index (κ1) is 63.9. The summed E-state index contributed by atoms with van der Waals surface area (Å²) in [6, 6.07) is 0. The maximum Gasteiger partial charge on any atom is 0.306 e. The van der Waals surface area contributed by atoms with E-state index in [1.165, 1.54) is 218 Å². The molecule has 6 nitrogen and oxygen atoms in total. The Labute approximate surface area is 411 Å². The molecule has 388 valence electrons. The van der Waals surface area contributed by atoms with Gasteiger partial charge in [0.2, 0.25) is 0 Å². The summed E-state index contributed by atoms with van der Waals surface area (Å²) in [6.07, 6.45) is 64.5. The molecular formula is C60H112O6. The van der Waals surface area contributed by atoms with Crippen LogP contribution in [0, 0.1) is 0 Å². The highest BCUT2D eigenvalue weighted by Gasteiger charge is 2.19. The Kier molecular flexibility index (Phi) is 53.7. The zero-order valence-corrected chi connectivity index (χ0v) is 44.5. The number of carbonyl (C=O) groups is 3. The molecule has 0 saturated carbocycles. The Bertz CT molecular complexity index is 1070. The number of unbranched alkanes of at least 4 members (excludes halogenated alkanes) is 39. The zero-order valence-electron chi connectivity index (χ0n) is 44.5. The lowest BCUT2D eigenvalue weighted by molar-refractivity contribution is -0.167. The summed E-state index contributed by atoms with van der Waals surface area (Å²) in [5.74, 6) is -0.864. The van der Waals surface area contributed by atoms with Crippen LogP contribution in [-0.2, 0) is 28.6 Å². The van der Waals surface area contributed by atoms with E-state index in [9.17, 15) is 14.4 Å². The predicted octanol–water partition coefficient (Wildman–Crippen LogP) is 19.5. The van der Waals surface area contributed by atoms with Gasteiger partial charge in [-0.15, -0.1) is 0 Å². The van der Waals surface area contributed by atoms with Gasteiger partial charge in [0.15, 0.2) is 6.10 Å². The van der Waals surface area contributed by atoms with E-state index in [0.717, 1.165) is 64.2 Å². The van der Waals surface area contributed by atoms with Crippen molar-refractivity contribution in [3.63, 3.8) is 0 Å². The Morgan fingerprint density at radius 2 is 0.500 bits per heavy atom. The highest BCUT2D eigenvalue weighted by molar-refractivity contribution is 5.71. The van der Waals surface area contributed by atoms with Crippen molar-refractivity contribution in [2.75, 3.05) is 13.2 Å². The molecule has 66 heavy (non-hydrogen) atoms. The summed E-state index contributed by atoms with van der Waals surface area (Å²) in [4.78, 5) is 38.2. The van der Waals surface area contributed by atoms with Crippen LogP contribution in [0.5, 0.6) is 0 Å². The fourth-order valence-electron chi connectivity index (χ4n) is 8.73. The zero-order chi connectivity index (χ0) is 47.9. The first-order chi connectivity index (χ1) is 32.5. The SMILES string of the molecule is CCCCCC/C=C\CCCCCCCCCC(=O)OC(COC(=O)CCCCCCC/C=C\CCCCCCCCCCC)COC(=O)CCCCCCCCCCCCCCCCC. The number of esters is 3. The van der Waals surface area contributed by atoms with Crippen LogP contribution < -0.4 is 0 Å². The van der Waals surface area contributed by atoms with Crippen LogP contribution in [0.1, 0.15) is 323 Å². The van der Waals surface area contributed by atoms with Crippen LogP contribution in [0.4, 0.5) is 0 Å². The van der Waals surface area contributed by atoms with E-state index in [4.69, 9.17) is 14.2 Å². The van der Waals surface area contributed by atoms with Crippen LogP contribution in [0.25, 0.3) is 0 Å². The van der Waals surface area contributed by atoms with E-state index in [0.29, 0.717) is 19.3 Å². The van der Waals surface area contributed by atoms with E-state index in [2.05, 4.69) is 45.1 Å². The number of hydrogen-bond donors (Lipinski definition) is 0. The molecule has 1 atom stereocenters. The molecule has 6 heteroatoms. The third kappa shape index (κ3) is 52.9. The maximum atomic E-state index is 12.8. The molecule has 0 spiro atoms. The van der Waals surface area contributed by atoms with Gasteiger partial charge in [0.1, 0.15) is 13.2 Å². The van der Waals surface area contributed by atoms with Gasteiger partial charge in [-0.2, -0.15) is 0 Å². The number of rotatable bonds is 54. The number of hydrogen-bond acceptors (Lipinski definition) is 6. The fourth-order valence-corrected chi connectivity index (χ4v) is 8.73. The lowest BCUT2D eigenvalue weighted by Crippen LogP contribution is -2.30. The number of carbonyl (C=O) groups excluding carboxylic acids is 3. The van der Waals surface area contributed by atoms with E-state index in [-0.39, 0.29) is 31.1 Å². The van der Waals surface area contributed by atoms with Crippen LogP contribution in [0.15, 0.2) is 24.3 Å². The summed E-state index contributed by atoms with van der Waals surface area (Å²) < 4.78 is 16.9. The van der Waals surface area contributed by atoms with Gasteiger partial charge in [-0.05, 0) is 70.6 Å². The summed E-state index contributed by atoms with van der Waals surface area (Å²) in [7, 11) is 0. The van der Waals surface area contributed by atoms with E-state index < -0.39 is 6.10 Å². The van der Waals surface area contributed by atoms with Gasteiger partial charge >= 0.3 is 17.9 Å². The van der Waals surface area contributed by atoms with E-state index in [1.54, 1.807) is 0 Å². The Hall–Kier alpha value is -2.11. The van der Waals surface area contributed by atoms with Gasteiger partial charge in [0.25, 0.3) is 0 Å². The Morgan fingerprint density at radius 1 is 0.288 bits per heavy atom. The number of ether oxygens (including phenoxy) is 3. The van der Waals surface area contributed by atoms with Crippen molar-refractivity contribution in [3.05, 3.63) is 24.3 Å². The van der Waals surface area contributed by atoms with Gasteiger partial charge in [-0.25, -0.2) is 0 Å². The van der Waals surface area contributed by atoms with Gasteiger partial charge in [-0.3, -0.25) is 14.4 Å². The second-order valence-electron chi connectivity index (χ2n) is 19.9. The average Bonchev–Trinajstić information content (AvgIpc) is 3.31. The largest absolute Gasteiger partial charge is 0.462 e. The van der Waals surface area contributed by atoms with Gasteiger partial charge in [0, 0.05) is 19.3 Å². The second-order valence-corrected chi connectivity index (χ2v) is 19.9. The molecule has 1 unspecified atom stereocenters. The monoisotopic (exact) mass is 929 g/mol. The molecule has 0 N–H and O–H groups in total. The molecule has 0 aromatic carbocycles. The molecule has 0 aliphatic carbocycles. The minimum absolute atomic E-state index is 0.0712. The average molecular weight is 930 g/mol. The van der Waals surface area contributed by atoms with Crippen molar-refractivity contribution in [3.8, 4) is 0 Å². The number of allylic oxidation sites excluding steroid dienone is 4. The Balaban J connectivity index is 4.34. The molecule has 0 aliphatic rings. The maximum absolute atomic E-state index is 12.8. The normalized spacial score (nSPS) is 12.1. The summed E-state index contributed by atoms with van der Waals surface area (Å²) in [5.41, 5.74) is 0. The Morgan fingerprint density at radius 3 is 0.773 bits per heavy atom. The lowest BCUT2D eigenvalue weighted by Gasteiger charge is -2.18. The van der Waals surface area contributed by atoms with Crippen molar-refractivity contribution in [2.45, 2.75) is 329 Å². The van der Waals surface area contributed by atoms with Crippen molar-refractivity contribution in [2.24, 2.45) is 0 Å². The molecule has 0 aromatic heterocycles. The van der Waals surface area contributed by atoms with E-state index in [1.807, 2.05) is 0 Å². The second kappa shape index (κ2) is 55.5. The van der Waals surface area contributed by atoms with Crippen molar-refractivity contribution in [1.29, 1.82) is 0 Å². The lowest BCUT2D eigenvalue weighted by atomic mass is 10.0. The highest BCUT2D eigenvalue weighted by atomic mass is 16.6. The van der Waals surface area contributed by atoms with Crippen molar-refractivity contribution >= 4 is 17.9 Å². The predicted molar refractivity (Wildman–Crippen MR) is 284 cm³/mol. The standard InChI is InChI=1S/C60H112O6/c1-4-7-10-13-16-19-22-25-28-29-30-33-35-38-41-44-47-50-53-59(62)65-56-57(66-60(63)54-51-48-45-42-39-36-32-27-24-21-18-15-12-9-6-3)55-64-58(61)52-49-46-43-40-37-34-31-26-23-20-17-14-11-8-5-2/h21,24,30,33,57H,4-20,22-23,25-29,31-32,34-56H2,1-3H3/b24-21-,33-30-. The quantitative estimate of drug-likeness (QED) is 0.0262. The third-order valence-corrected chi connectivity index (χ3v) is 13.2. The fraction of sp³-hybridized carbons (Fsp3) is 0.883. The minimum atomic E-state index is -0.773. The van der Waals surface area contributed by atoms with Crippen LogP contribution in [0.3, 0.4) is 0 Å². The van der Waals surface area contributed by atoms with Crippen molar-refractivity contribution < 1.29 is 28.6 Å². The molecule has 0 amide bonds. The molecule has 0 fully saturated rings. The molecule has 0 aromatic rings. The van der Waals surface area contributed by atoms with Crippen LogP contribution >= 0.6 is 0 Å². The molecule has 0 saturated heterocycles. The summed E-state index contributed by atoms with van der Waals surface area (Å²) in [5, 5.41) is 0. The molecule has 0 bridgehead atoms.